The lowest BCUT2D eigenvalue weighted by molar-refractivity contribution is -0.121. The fourth-order valence-corrected chi connectivity index (χ4v) is 2.71. The van der Waals surface area contributed by atoms with E-state index in [1.807, 2.05) is 18.2 Å². The van der Waals surface area contributed by atoms with E-state index in [4.69, 9.17) is 0 Å². The second kappa shape index (κ2) is 3.91. The van der Waals surface area contributed by atoms with Gasteiger partial charge in [-0.25, -0.2) is 0 Å². The van der Waals surface area contributed by atoms with E-state index < -0.39 is 0 Å². The Morgan fingerprint density at radius 2 is 2.19 bits per heavy atom. The van der Waals surface area contributed by atoms with Gasteiger partial charge in [-0.05, 0) is 31.0 Å². The first-order chi connectivity index (χ1) is 7.86. The average Bonchev–Trinajstić information content (AvgIpc) is 2.98. The van der Waals surface area contributed by atoms with Crippen molar-refractivity contribution in [2.45, 2.75) is 24.8 Å². The van der Waals surface area contributed by atoms with Crippen molar-refractivity contribution in [3.05, 3.63) is 29.8 Å². The molecule has 3 heteroatoms. The van der Waals surface area contributed by atoms with Crippen LogP contribution in [0.3, 0.4) is 0 Å². The maximum Gasteiger partial charge on any atom is 0.159 e. The van der Waals surface area contributed by atoms with Gasteiger partial charge in [0.1, 0.15) is 0 Å². The van der Waals surface area contributed by atoms with E-state index in [2.05, 4.69) is 16.7 Å². The zero-order chi connectivity index (χ0) is 11.0. The Hall–Kier alpha value is -1.35. The molecular weight excluding hydrogens is 200 g/mol. The van der Waals surface area contributed by atoms with E-state index in [1.54, 1.807) is 0 Å². The number of Topliss-reactive ketones (excluding diaryl/α,β-unsaturated/α-hetero) is 1. The van der Waals surface area contributed by atoms with Gasteiger partial charge in [0.25, 0.3) is 0 Å². The van der Waals surface area contributed by atoms with Gasteiger partial charge in [-0.3, -0.25) is 4.79 Å². The van der Waals surface area contributed by atoms with E-state index in [-0.39, 0.29) is 12.0 Å². The summed E-state index contributed by atoms with van der Waals surface area (Å²) >= 11 is 0. The molecule has 0 spiro atoms. The summed E-state index contributed by atoms with van der Waals surface area (Å²) in [6.45, 7) is 1.74. The average molecular weight is 216 g/mol. The molecule has 0 bridgehead atoms. The Kier molecular flexibility index (Phi) is 2.40. The van der Waals surface area contributed by atoms with Gasteiger partial charge in [0, 0.05) is 12.2 Å². The van der Waals surface area contributed by atoms with Crippen molar-refractivity contribution in [2.24, 2.45) is 0 Å². The lowest BCUT2D eigenvalue weighted by Crippen LogP contribution is -2.35. The predicted octanol–water partition coefficient (Wildman–Crippen LogP) is 1.52. The minimum atomic E-state index is 0.0480. The summed E-state index contributed by atoms with van der Waals surface area (Å²) in [7, 11) is 0. The molecule has 3 rings (SSSR count). The van der Waals surface area contributed by atoms with E-state index in [0.29, 0.717) is 5.78 Å². The number of nitrogens with one attached hydrogen (secondary N) is 2. The number of para-hydroxylation sites is 1. The molecule has 1 unspecified atom stereocenters. The van der Waals surface area contributed by atoms with Crippen LogP contribution in [0.1, 0.15) is 24.3 Å². The standard InChI is InChI=1S/C13H16N2O/c16-13(12-6-3-7-14-12)10-8-15-11-5-2-1-4-9(10)11/h1-2,4-5,10,12,14-15H,3,6-8H2/t10?,12-/m0/s1. The zero-order valence-electron chi connectivity index (χ0n) is 9.20. The third-order valence-corrected chi connectivity index (χ3v) is 3.58. The second-order valence-electron chi connectivity index (χ2n) is 4.57. The van der Waals surface area contributed by atoms with Gasteiger partial charge in [-0.15, -0.1) is 0 Å². The number of hydrogen-bond acceptors (Lipinski definition) is 3. The van der Waals surface area contributed by atoms with Crippen LogP contribution in [0, 0.1) is 0 Å². The Labute approximate surface area is 95.2 Å². The number of carbonyl (C=O) groups excluding carboxylic acids is 1. The minimum Gasteiger partial charge on any atom is -0.384 e. The van der Waals surface area contributed by atoms with Crippen LogP contribution in [0.25, 0.3) is 0 Å². The first-order valence-electron chi connectivity index (χ1n) is 5.96. The fourth-order valence-electron chi connectivity index (χ4n) is 2.71. The van der Waals surface area contributed by atoms with Gasteiger partial charge in [0.15, 0.2) is 5.78 Å². The quantitative estimate of drug-likeness (QED) is 0.787. The number of anilines is 1. The largest absolute Gasteiger partial charge is 0.384 e. The fraction of sp³-hybridized carbons (Fsp3) is 0.462. The molecule has 0 aliphatic carbocycles. The highest BCUT2D eigenvalue weighted by atomic mass is 16.1. The Morgan fingerprint density at radius 1 is 1.31 bits per heavy atom. The monoisotopic (exact) mass is 216 g/mol. The van der Waals surface area contributed by atoms with Gasteiger partial charge < -0.3 is 10.6 Å². The highest BCUT2D eigenvalue weighted by molar-refractivity contribution is 5.94. The van der Waals surface area contributed by atoms with E-state index in [1.165, 1.54) is 5.56 Å². The summed E-state index contributed by atoms with van der Waals surface area (Å²) in [4.78, 5) is 12.3. The smallest absolute Gasteiger partial charge is 0.159 e. The SMILES string of the molecule is O=C(C1CNc2ccccc21)[C@@H]1CCCN1. The molecule has 2 heterocycles. The molecule has 0 aromatic heterocycles. The Morgan fingerprint density at radius 3 is 3.00 bits per heavy atom. The lowest BCUT2D eigenvalue weighted by atomic mass is 9.92. The van der Waals surface area contributed by atoms with Gasteiger partial charge in [-0.2, -0.15) is 0 Å². The summed E-state index contributed by atoms with van der Waals surface area (Å²) in [6, 6.07) is 8.20. The maximum absolute atomic E-state index is 12.3. The first-order valence-corrected chi connectivity index (χ1v) is 5.96. The van der Waals surface area contributed by atoms with Crippen molar-refractivity contribution in [3.8, 4) is 0 Å². The molecular formula is C13H16N2O. The zero-order valence-corrected chi connectivity index (χ0v) is 9.20. The summed E-state index contributed by atoms with van der Waals surface area (Å²) in [6.07, 6.45) is 2.12. The maximum atomic E-state index is 12.3. The first kappa shape index (κ1) is 9.85. The molecule has 2 N–H and O–H groups in total. The van der Waals surface area contributed by atoms with Gasteiger partial charge >= 0.3 is 0 Å². The summed E-state index contributed by atoms with van der Waals surface area (Å²) in [5, 5.41) is 6.59. The van der Waals surface area contributed by atoms with Crippen LogP contribution in [-0.4, -0.2) is 24.9 Å². The van der Waals surface area contributed by atoms with E-state index >= 15 is 0 Å². The molecule has 2 atom stereocenters. The molecule has 0 amide bonds. The number of carbonyl (C=O) groups is 1. The topological polar surface area (TPSA) is 41.1 Å². The van der Waals surface area contributed by atoms with Gasteiger partial charge in [-0.1, -0.05) is 18.2 Å². The molecule has 1 fully saturated rings. The van der Waals surface area contributed by atoms with Crippen molar-refractivity contribution < 1.29 is 4.79 Å². The van der Waals surface area contributed by atoms with Crippen LogP contribution >= 0.6 is 0 Å². The predicted molar refractivity (Wildman–Crippen MR) is 63.7 cm³/mol. The molecule has 3 nitrogen and oxygen atoms in total. The summed E-state index contributed by atoms with van der Waals surface area (Å²) < 4.78 is 0. The van der Waals surface area contributed by atoms with Crippen LogP contribution in [0.4, 0.5) is 5.69 Å². The summed E-state index contributed by atoms with van der Waals surface area (Å²) in [5.74, 6) is 0.404. The molecule has 2 aliphatic rings. The molecule has 16 heavy (non-hydrogen) atoms. The number of ketones is 1. The van der Waals surface area contributed by atoms with Crippen LogP contribution in [0.2, 0.25) is 0 Å². The highest BCUT2D eigenvalue weighted by Crippen LogP contribution is 2.33. The Balaban J connectivity index is 1.84. The van der Waals surface area contributed by atoms with Gasteiger partial charge in [0.2, 0.25) is 0 Å². The van der Waals surface area contributed by atoms with Crippen LogP contribution in [-0.2, 0) is 4.79 Å². The molecule has 1 aromatic rings. The van der Waals surface area contributed by atoms with Crippen molar-refractivity contribution in [3.63, 3.8) is 0 Å². The molecule has 0 saturated carbocycles. The molecule has 84 valence electrons. The van der Waals surface area contributed by atoms with Crippen LogP contribution < -0.4 is 10.6 Å². The third kappa shape index (κ3) is 1.52. The third-order valence-electron chi connectivity index (χ3n) is 3.58. The van der Waals surface area contributed by atoms with Crippen LogP contribution in [0.15, 0.2) is 24.3 Å². The van der Waals surface area contributed by atoms with E-state index in [9.17, 15) is 4.79 Å². The summed E-state index contributed by atoms with van der Waals surface area (Å²) in [5.41, 5.74) is 2.29. The highest BCUT2D eigenvalue weighted by Gasteiger charge is 2.33. The Bertz CT molecular complexity index is 410. The van der Waals surface area contributed by atoms with Gasteiger partial charge in [0.05, 0.1) is 12.0 Å². The van der Waals surface area contributed by atoms with Crippen molar-refractivity contribution in [1.82, 2.24) is 5.32 Å². The van der Waals surface area contributed by atoms with Crippen molar-refractivity contribution in [1.29, 1.82) is 0 Å². The minimum absolute atomic E-state index is 0.0480. The van der Waals surface area contributed by atoms with E-state index in [0.717, 1.165) is 31.6 Å². The molecule has 1 saturated heterocycles. The molecule has 2 aliphatic heterocycles. The lowest BCUT2D eigenvalue weighted by Gasteiger charge is -2.14. The molecule has 0 radical (unpaired) electrons. The number of fused-ring (bicyclic) bond motifs is 1. The van der Waals surface area contributed by atoms with Crippen molar-refractivity contribution in [2.75, 3.05) is 18.4 Å². The molecule has 1 aromatic carbocycles. The number of rotatable bonds is 2. The second-order valence-corrected chi connectivity index (χ2v) is 4.57. The number of benzene rings is 1. The van der Waals surface area contributed by atoms with Crippen LogP contribution in [0.5, 0.6) is 0 Å². The normalized spacial score (nSPS) is 27.5. The van der Waals surface area contributed by atoms with Crippen molar-refractivity contribution >= 4 is 11.5 Å². The number of hydrogen-bond donors (Lipinski definition) is 2.